The highest BCUT2D eigenvalue weighted by Gasteiger charge is 2.43. The minimum absolute atomic E-state index is 0.0712. The van der Waals surface area contributed by atoms with Gasteiger partial charge in [0.15, 0.2) is 6.23 Å². The fourth-order valence-corrected chi connectivity index (χ4v) is 7.01. The Morgan fingerprint density at radius 2 is 1.52 bits per heavy atom. The molecule has 0 bridgehead atoms. The van der Waals surface area contributed by atoms with Crippen LogP contribution in [0.4, 0.5) is 0 Å². The van der Waals surface area contributed by atoms with Crippen LogP contribution in [0, 0.1) is 38.5 Å². The smallest absolute Gasteiger partial charge is 0.330 e. The maximum absolute atomic E-state index is 11.4. The molecular formula is C38H62N2O8. The standard InChI is InChI=1S/C29H50O2.C9H12N2O6/c1-20(2)12-9-13-21(3)14-10-15-22(4)16-11-18-29(8)19-17-26-25(7)27(30)23(5)24(6)28(26)31-29;12-3-4-6(14)7(15)8(17-4)11-2-1-5(13)10-9(11)16/h20-22,30H,9-19H2,1-8H3;1-2,4,6-8,12,14-15H,3H2,(H,10,13,16)/t21-,22-,29-;4-,6-,7-,8-/m11/s1. The molecule has 2 aromatic rings. The second kappa shape index (κ2) is 17.8. The number of benzene rings is 1. The Morgan fingerprint density at radius 1 is 0.917 bits per heavy atom. The first kappa shape index (κ1) is 39.8. The summed E-state index contributed by atoms with van der Waals surface area (Å²) in [5.41, 5.74) is 2.90. The summed E-state index contributed by atoms with van der Waals surface area (Å²) in [6.07, 6.45) is 10.5. The normalized spacial score (nSPS) is 24.8. The van der Waals surface area contributed by atoms with Crippen molar-refractivity contribution >= 4 is 0 Å². The summed E-state index contributed by atoms with van der Waals surface area (Å²) in [5.74, 6) is 4.04. The van der Waals surface area contributed by atoms with Crippen LogP contribution in [0.3, 0.4) is 0 Å². The zero-order valence-corrected chi connectivity index (χ0v) is 30.6. The van der Waals surface area contributed by atoms with Crippen molar-refractivity contribution in [3.05, 3.63) is 55.4 Å². The van der Waals surface area contributed by atoms with Gasteiger partial charge in [-0.25, -0.2) is 4.79 Å². The molecule has 1 aromatic heterocycles. The Hall–Kier alpha value is -2.66. The molecule has 4 rings (SSSR count). The lowest BCUT2D eigenvalue weighted by atomic mass is 9.84. The zero-order valence-electron chi connectivity index (χ0n) is 30.6. The average Bonchev–Trinajstić information content (AvgIpc) is 3.31. The lowest BCUT2D eigenvalue weighted by Crippen LogP contribution is -2.37. The molecule has 2 aliphatic rings. The number of hydrogen-bond donors (Lipinski definition) is 5. The first-order chi connectivity index (χ1) is 22.6. The lowest BCUT2D eigenvalue weighted by Gasteiger charge is -2.38. The van der Waals surface area contributed by atoms with Gasteiger partial charge in [0.2, 0.25) is 0 Å². The van der Waals surface area contributed by atoms with Gasteiger partial charge in [-0.15, -0.1) is 0 Å². The van der Waals surface area contributed by atoms with Crippen LogP contribution in [0.1, 0.15) is 127 Å². The third-order valence-corrected chi connectivity index (χ3v) is 10.5. The number of phenolic OH excluding ortho intramolecular Hbond substituents is 1. The average molecular weight is 675 g/mol. The molecule has 5 N–H and O–H groups in total. The molecule has 0 saturated carbocycles. The van der Waals surface area contributed by atoms with Gasteiger partial charge in [-0.2, -0.15) is 0 Å². The summed E-state index contributed by atoms with van der Waals surface area (Å²) in [6, 6.07) is 1.09. The van der Waals surface area contributed by atoms with E-state index in [1.807, 2.05) is 18.8 Å². The highest BCUT2D eigenvalue weighted by molar-refractivity contribution is 5.58. The number of aromatic hydroxyl groups is 1. The van der Waals surface area contributed by atoms with E-state index in [1.54, 1.807) is 0 Å². The van der Waals surface area contributed by atoms with Gasteiger partial charge in [-0.05, 0) is 87.8 Å². The highest BCUT2D eigenvalue weighted by Crippen LogP contribution is 2.44. The summed E-state index contributed by atoms with van der Waals surface area (Å²) in [4.78, 5) is 24.3. The number of rotatable bonds is 14. The molecule has 0 radical (unpaired) electrons. The fourth-order valence-electron chi connectivity index (χ4n) is 7.01. The molecule has 0 aliphatic carbocycles. The predicted octanol–water partition coefficient (Wildman–Crippen LogP) is 5.99. The van der Waals surface area contributed by atoms with Crippen molar-refractivity contribution in [1.29, 1.82) is 0 Å². The molecule has 1 saturated heterocycles. The van der Waals surface area contributed by atoms with E-state index in [4.69, 9.17) is 14.6 Å². The second-order valence-corrected chi connectivity index (χ2v) is 15.2. The second-order valence-electron chi connectivity index (χ2n) is 15.2. The van der Waals surface area contributed by atoms with Crippen molar-refractivity contribution in [1.82, 2.24) is 9.55 Å². The number of ether oxygens (including phenoxy) is 2. The first-order valence-electron chi connectivity index (χ1n) is 18.0. The van der Waals surface area contributed by atoms with Crippen molar-refractivity contribution in [2.75, 3.05) is 6.61 Å². The first-order valence-corrected chi connectivity index (χ1v) is 18.0. The largest absolute Gasteiger partial charge is 0.507 e. The number of nitrogens with one attached hydrogen (secondary N) is 1. The van der Waals surface area contributed by atoms with Crippen molar-refractivity contribution < 1.29 is 29.9 Å². The van der Waals surface area contributed by atoms with E-state index >= 15 is 0 Å². The molecule has 0 unspecified atom stereocenters. The van der Waals surface area contributed by atoms with Crippen LogP contribution in [0.15, 0.2) is 21.9 Å². The van der Waals surface area contributed by atoms with Crippen molar-refractivity contribution in [2.24, 2.45) is 17.8 Å². The van der Waals surface area contributed by atoms with Crippen LogP contribution in [0.25, 0.3) is 0 Å². The Bertz CT molecular complexity index is 1430. The quantitative estimate of drug-likeness (QED) is 0.164. The topological polar surface area (TPSA) is 154 Å². The van der Waals surface area contributed by atoms with E-state index in [-0.39, 0.29) is 5.60 Å². The zero-order chi connectivity index (χ0) is 35.8. The van der Waals surface area contributed by atoms with E-state index in [9.17, 15) is 24.9 Å². The fraction of sp³-hybridized carbons (Fsp3) is 0.737. The predicted molar refractivity (Wildman–Crippen MR) is 189 cm³/mol. The Labute approximate surface area is 286 Å². The third-order valence-electron chi connectivity index (χ3n) is 10.5. The Kier molecular flexibility index (Phi) is 14.8. The van der Waals surface area contributed by atoms with Crippen molar-refractivity contribution in [3.63, 3.8) is 0 Å². The lowest BCUT2D eigenvalue weighted by molar-refractivity contribution is -0.0550. The number of hydrogen-bond acceptors (Lipinski definition) is 8. The van der Waals surface area contributed by atoms with E-state index in [0.717, 1.165) is 76.3 Å². The van der Waals surface area contributed by atoms with Crippen LogP contribution in [-0.2, 0) is 11.2 Å². The van der Waals surface area contributed by atoms with Crippen molar-refractivity contribution in [3.8, 4) is 11.5 Å². The molecule has 48 heavy (non-hydrogen) atoms. The molecule has 0 amide bonds. The maximum Gasteiger partial charge on any atom is 0.330 e. The summed E-state index contributed by atoms with van der Waals surface area (Å²) in [5, 5.41) is 38.5. The number of nitrogens with zero attached hydrogens (tertiary/aromatic N) is 1. The number of aliphatic hydroxyl groups excluding tert-OH is 3. The number of fused-ring (bicyclic) bond motifs is 1. The summed E-state index contributed by atoms with van der Waals surface area (Å²) in [7, 11) is 0. The highest BCUT2D eigenvalue weighted by atomic mass is 16.6. The van der Waals surface area contributed by atoms with Gasteiger partial charge in [-0.1, -0.05) is 72.6 Å². The van der Waals surface area contributed by atoms with Crippen molar-refractivity contribution in [2.45, 2.75) is 156 Å². The number of aromatic amines is 1. The van der Waals surface area contributed by atoms with Crippen LogP contribution < -0.4 is 16.0 Å². The Morgan fingerprint density at radius 3 is 2.08 bits per heavy atom. The van der Waals surface area contributed by atoms with Crippen LogP contribution in [0.2, 0.25) is 0 Å². The van der Waals surface area contributed by atoms with Gasteiger partial charge >= 0.3 is 5.69 Å². The molecule has 10 heteroatoms. The van der Waals surface area contributed by atoms with E-state index < -0.39 is 42.4 Å². The van der Waals surface area contributed by atoms with Crippen LogP contribution >= 0.6 is 0 Å². The van der Waals surface area contributed by atoms with E-state index in [2.05, 4.69) is 41.5 Å². The van der Waals surface area contributed by atoms with E-state index in [0.29, 0.717) is 5.75 Å². The maximum atomic E-state index is 11.4. The van der Waals surface area contributed by atoms with Gasteiger partial charge in [0.05, 0.1) is 6.61 Å². The molecule has 7 atom stereocenters. The molecule has 272 valence electrons. The number of H-pyrrole nitrogens is 1. The van der Waals surface area contributed by atoms with Gasteiger partial charge in [0.1, 0.15) is 35.4 Å². The third kappa shape index (κ3) is 10.4. The molecule has 2 aliphatic heterocycles. The molecule has 0 spiro atoms. The van der Waals surface area contributed by atoms with Crippen LogP contribution in [-0.4, -0.2) is 60.5 Å². The van der Waals surface area contributed by atoms with Crippen LogP contribution in [0.5, 0.6) is 11.5 Å². The van der Waals surface area contributed by atoms with Gasteiger partial charge in [0.25, 0.3) is 5.56 Å². The minimum atomic E-state index is -1.35. The SMILES string of the molecule is Cc1c(C)c2c(c(C)c1O)CC[C@@](C)(CCC[C@H](C)CCC[C@H](C)CCCC(C)C)O2.O=c1ccn([C@@H]2O[C@H](CO)[C@@H](O)[C@H]2O)c(=O)[nH]1. The van der Waals surface area contributed by atoms with Gasteiger partial charge in [-0.3, -0.25) is 14.3 Å². The molecular weight excluding hydrogens is 612 g/mol. The van der Waals surface area contributed by atoms with Gasteiger partial charge < -0.3 is 29.9 Å². The molecule has 10 nitrogen and oxygen atoms in total. The summed E-state index contributed by atoms with van der Waals surface area (Å²) < 4.78 is 12.7. The number of phenols is 1. The van der Waals surface area contributed by atoms with Gasteiger partial charge in [0, 0.05) is 17.8 Å². The molecule has 1 aromatic carbocycles. The molecule has 1 fully saturated rings. The monoisotopic (exact) mass is 674 g/mol. The van der Waals surface area contributed by atoms with E-state index in [1.165, 1.54) is 56.9 Å². The number of aromatic nitrogens is 2. The molecule has 3 heterocycles. The minimum Gasteiger partial charge on any atom is -0.507 e. The summed E-state index contributed by atoms with van der Waals surface area (Å²) >= 11 is 0. The Balaban J connectivity index is 0.000000308. The number of aliphatic hydroxyl groups is 3. The summed E-state index contributed by atoms with van der Waals surface area (Å²) in [6.45, 7) is 17.5.